The Morgan fingerprint density at radius 2 is 1.55 bits per heavy atom. The van der Waals surface area contributed by atoms with Crippen LogP contribution in [-0.4, -0.2) is 29.6 Å². The molecule has 1 N–H and O–H groups in total. The third-order valence-corrected chi connectivity index (χ3v) is 8.20. The molecule has 2 nitrogen and oxygen atoms in total. The molecule has 3 unspecified atom stereocenters. The standard InChI is InChI=1S/C30H35ClN2/c1-2-11-26-20-24-18-19-33(26)30(29(24)32-21-25-16-9-10-17-27(25)31)28(22-12-5-3-6-13-22)23-14-7-4-8-15-23/h3-10,12-17,24,26,28-30,32H,2,11,18-21H2,1H3/t24?,26?,29-,30-/m1/s1. The molecule has 3 fully saturated rings. The van der Waals surface area contributed by atoms with E-state index in [1.54, 1.807) is 0 Å². The van der Waals surface area contributed by atoms with Crippen molar-refractivity contribution in [2.75, 3.05) is 6.54 Å². The fraction of sp³-hybridized carbons (Fsp3) is 0.400. The molecule has 3 aliphatic heterocycles. The molecule has 5 atom stereocenters. The lowest BCUT2D eigenvalue weighted by Crippen LogP contribution is -2.67. The second kappa shape index (κ2) is 10.4. The number of halogens is 1. The van der Waals surface area contributed by atoms with E-state index in [-0.39, 0.29) is 0 Å². The predicted octanol–water partition coefficient (Wildman–Crippen LogP) is 6.89. The summed E-state index contributed by atoms with van der Waals surface area (Å²) in [5.74, 6) is 1.05. The van der Waals surface area contributed by atoms with Crippen LogP contribution in [0, 0.1) is 5.92 Å². The summed E-state index contributed by atoms with van der Waals surface area (Å²) in [5, 5.41) is 4.87. The van der Waals surface area contributed by atoms with Gasteiger partial charge in [0.1, 0.15) is 0 Å². The molecule has 3 saturated heterocycles. The van der Waals surface area contributed by atoms with Crippen molar-refractivity contribution in [3.8, 4) is 0 Å². The average molecular weight is 459 g/mol. The number of hydrogen-bond acceptors (Lipinski definition) is 2. The Labute approximate surface area is 204 Å². The van der Waals surface area contributed by atoms with Crippen LogP contribution in [0.25, 0.3) is 0 Å². The Morgan fingerprint density at radius 3 is 2.18 bits per heavy atom. The zero-order chi connectivity index (χ0) is 22.6. The van der Waals surface area contributed by atoms with E-state index in [4.69, 9.17) is 11.6 Å². The number of benzene rings is 3. The quantitative estimate of drug-likeness (QED) is 0.395. The van der Waals surface area contributed by atoms with E-state index in [2.05, 4.69) is 89.9 Å². The monoisotopic (exact) mass is 458 g/mol. The van der Waals surface area contributed by atoms with Gasteiger partial charge >= 0.3 is 0 Å². The molecule has 2 bridgehead atoms. The lowest BCUT2D eigenvalue weighted by Gasteiger charge is -2.58. The van der Waals surface area contributed by atoms with Gasteiger partial charge in [-0.2, -0.15) is 0 Å². The molecule has 0 saturated carbocycles. The van der Waals surface area contributed by atoms with E-state index in [1.165, 1.54) is 48.9 Å². The number of fused-ring (bicyclic) bond motifs is 3. The SMILES string of the molecule is CCCC1CC2CCN1[C@H](C(c1ccccc1)c1ccccc1)[C@@H]2NCc1ccccc1Cl. The smallest absolute Gasteiger partial charge is 0.0450 e. The summed E-state index contributed by atoms with van der Waals surface area (Å²) >= 11 is 6.53. The molecule has 0 spiro atoms. The van der Waals surface area contributed by atoms with Gasteiger partial charge in [-0.15, -0.1) is 0 Å². The van der Waals surface area contributed by atoms with E-state index in [9.17, 15) is 0 Å². The van der Waals surface area contributed by atoms with Crippen molar-refractivity contribution in [2.24, 2.45) is 5.92 Å². The number of nitrogens with zero attached hydrogens (tertiary/aromatic N) is 1. The Kier molecular flexibility index (Phi) is 7.16. The van der Waals surface area contributed by atoms with Gasteiger partial charge in [-0.25, -0.2) is 0 Å². The largest absolute Gasteiger partial charge is 0.308 e. The number of hydrogen-bond donors (Lipinski definition) is 1. The van der Waals surface area contributed by atoms with Gasteiger partial charge in [0.25, 0.3) is 0 Å². The van der Waals surface area contributed by atoms with E-state index >= 15 is 0 Å². The van der Waals surface area contributed by atoms with Crippen LogP contribution in [0.15, 0.2) is 84.9 Å². The van der Waals surface area contributed by atoms with Crippen molar-refractivity contribution in [3.05, 3.63) is 107 Å². The van der Waals surface area contributed by atoms with Crippen molar-refractivity contribution in [1.82, 2.24) is 10.2 Å². The molecule has 33 heavy (non-hydrogen) atoms. The van der Waals surface area contributed by atoms with Crippen LogP contribution in [0.3, 0.4) is 0 Å². The highest BCUT2D eigenvalue weighted by molar-refractivity contribution is 6.31. The lowest BCUT2D eigenvalue weighted by atomic mass is 9.68. The Morgan fingerprint density at radius 1 is 0.909 bits per heavy atom. The van der Waals surface area contributed by atoms with E-state index in [0.29, 0.717) is 30.0 Å². The fourth-order valence-electron chi connectivity index (χ4n) is 6.38. The van der Waals surface area contributed by atoms with Crippen LogP contribution in [0.5, 0.6) is 0 Å². The van der Waals surface area contributed by atoms with E-state index in [0.717, 1.165) is 11.6 Å². The first-order valence-corrected chi connectivity index (χ1v) is 13.0. The average Bonchev–Trinajstić information content (AvgIpc) is 2.86. The highest BCUT2D eigenvalue weighted by Crippen LogP contribution is 2.45. The van der Waals surface area contributed by atoms with Gasteiger partial charge in [0.15, 0.2) is 0 Å². The molecule has 3 heterocycles. The molecule has 6 rings (SSSR count). The minimum absolute atomic E-state index is 0.346. The van der Waals surface area contributed by atoms with Crippen LogP contribution in [0.4, 0.5) is 0 Å². The van der Waals surface area contributed by atoms with Crippen LogP contribution in [-0.2, 0) is 6.54 Å². The maximum absolute atomic E-state index is 6.53. The molecular weight excluding hydrogens is 424 g/mol. The van der Waals surface area contributed by atoms with Crippen molar-refractivity contribution in [1.29, 1.82) is 0 Å². The number of piperidine rings is 3. The fourth-order valence-corrected chi connectivity index (χ4v) is 6.59. The van der Waals surface area contributed by atoms with Crippen molar-refractivity contribution < 1.29 is 0 Å². The molecule has 3 aliphatic rings. The Hall–Kier alpha value is -2.13. The molecule has 0 aliphatic carbocycles. The van der Waals surface area contributed by atoms with Crippen molar-refractivity contribution >= 4 is 11.6 Å². The van der Waals surface area contributed by atoms with Gasteiger partial charge in [-0.05, 0) is 54.5 Å². The Bertz CT molecular complexity index is 982. The molecule has 0 amide bonds. The number of rotatable bonds is 8. The third kappa shape index (κ3) is 4.75. The van der Waals surface area contributed by atoms with Gasteiger partial charge in [0.05, 0.1) is 0 Å². The third-order valence-electron chi connectivity index (χ3n) is 7.83. The molecule has 0 aromatic heterocycles. The second-order valence-corrected chi connectivity index (χ2v) is 10.2. The Balaban J connectivity index is 1.53. The summed E-state index contributed by atoms with van der Waals surface area (Å²) in [5.41, 5.74) is 4.03. The summed E-state index contributed by atoms with van der Waals surface area (Å²) in [4.78, 5) is 2.86. The highest BCUT2D eigenvalue weighted by Gasteiger charge is 2.49. The molecule has 3 aromatic rings. The molecular formula is C30H35ClN2. The van der Waals surface area contributed by atoms with Gasteiger partial charge in [-0.1, -0.05) is 104 Å². The maximum Gasteiger partial charge on any atom is 0.0450 e. The van der Waals surface area contributed by atoms with Crippen LogP contribution >= 0.6 is 11.6 Å². The van der Waals surface area contributed by atoms with Gasteiger partial charge in [0.2, 0.25) is 0 Å². The number of nitrogens with one attached hydrogen (secondary N) is 1. The topological polar surface area (TPSA) is 15.3 Å². The summed E-state index contributed by atoms with van der Waals surface area (Å²) in [6, 6.07) is 32.1. The van der Waals surface area contributed by atoms with E-state index < -0.39 is 0 Å². The molecule has 3 aromatic carbocycles. The molecule has 3 heteroatoms. The normalized spacial score (nSPS) is 26.6. The van der Waals surface area contributed by atoms with Crippen LogP contribution in [0.2, 0.25) is 5.02 Å². The zero-order valence-electron chi connectivity index (χ0n) is 19.5. The van der Waals surface area contributed by atoms with Crippen molar-refractivity contribution in [3.63, 3.8) is 0 Å². The van der Waals surface area contributed by atoms with Gasteiger partial charge in [-0.3, -0.25) is 4.90 Å². The second-order valence-electron chi connectivity index (χ2n) is 9.75. The van der Waals surface area contributed by atoms with Gasteiger partial charge < -0.3 is 5.32 Å². The zero-order valence-corrected chi connectivity index (χ0v) is 20.3. The van der Waals surface area contributed by atoms with Gasteiger partial charge in [0, 0.05) is 35.6 Å². The van der Waals surface area contributed by atoms with Crippen LogP contribution in [0.1, 0.15) is 55.2 Å². The minimum atomic E-state index is 0.346. The lowest BCUT2D eigenvalue weighted by molar-refractivity contribution is -0.0421. The highest BCUT2D eigenvalue weighted by atomic mass is 35.5. The first-order chi connectivity index (χ1) is 16.3. The molecule has 0 radical (unpaired) electrons. The van der Waals surface area contributed by atoms with Crippen LogP contribution < -0.4 is 5.32 Å². The predicted molar refractivity (Wildman–Crippen MR) is 139 cm³/mol. The summed E-state index contributed by atoms with van der Waals surface area (Å²) in [7, 11) is 0. The first kappa shape index (κ1) is 22.7. The summed E-state index contributed by atoms with van der Waals surface area (Å²) in [6.07, 6.45) is 5.13. The maximum atomic E-state index is 6.53. The van der Waals surface area contributed by atoms with E-state index in [1.807, 2.05) is 12.1 Å². The molecule has 172 valence electrons. The minimum Gasteiger partial charge on any atom is -0.308 e. The first-order valence-electron chi connectivity index (χ1n) is 12.6. The van der Waals surface area contributed by atoms with Crippen molar-refractivity contribution in [2.45, 2.75) is 63.2 Å². The summed E-state index contributed by atoms with van der Waals surface area (Å²) < 4.78 is 0. The summed E-state index contributed by atoms with van der Waals surface area (Å²) in [6.45, 7) is 4.36.